The van der Waals surface area contributed by atoms with Gasteiger partial charge in [0, 0.05) is 5.92 Å². The van der Waals surface area contributed by atoms with Crippen molar-refractivity contribution < 1.29 is 32.7 Å². The van der Waals surface area contributed by atoms with Gasteiger partial charge < -0.3 is 23.1 Å². The zero-order valence-electron chi connectivity index (χ0n) is 17.2. The van der Waals surface area contributed by atoms with Crippen molar-refractivity contribution in [3.8, 4) is 11.8 Å². The van der Waals surface area contributed by atoms with Gasteiger partial charge in [-0.15, -0.1) is 0 Å². The molecule has 1 saturated carbocycles. The number of carbonyl (C=O) groups is 2. The molecular weight excluding hydrogens is 432 g/mol. The zero-order valence-corrected chi connectivity index (χ0v) is 17.2. The minimum absolute atomic E-state index is 0.000509. The number of hydrogen-bond donors (Lipinski definition) is 2. The average molecular weight is 448 g/mol. The molecule has 1 aromatic carbocycles. The summed E-state index contributed by atoms with van der Waals surface area (Å²) in [5, 5.41) is 11.8. The Hall–Kier alpha value is -4.59. The van der Waals surface area contributed by atoms with Crippen LogP contribution in [-0.4, -0.2) is 32.1 Å². The Morgan fingerprint density at radius 3 is 2.67 bits per heavy atom. The van der Waals surface area contributed by atoms with Gasteiger partial charge >= 0.3 is 17.8 Å². The molecule has 1 atom stereocenters. The molecule has 0 saturated heterocycles. The van der Waals surface area contributed by atoms with E-state index in [0.29, 0.717) is 12.8 Å². The number of aromatic nitrogens is 3. The maximum Gasteiger partial charge on any atom is 0.414 e. The van der Waals surface area contributed by atoms with Crippen LogP contribution in [0, 0.1) is 11.8 Å². The van der Waals surface area contributed by atoms with E-state index in [-0.39, 0.29) is 34.8 Å². The Kier molecular flexibility index (Phi) is 4.82. The predicted molar refractivity (Wildman–Crippen MR) is 110 cm³/mol. The molecule has 1 aliphatic rings. The highest BCUT2D eigenvalue weighted by molar-refractivity contribution is 5.85. The highest BCUT2D eigenvalue weighted by atomic mass is 16.6. The van der Waals surface area contributed by atoms with Crippen molar-refractivity contribution >= 4 is 29.4 Å². The van der Waals surface area contributed by atoms with Gasteiger partial charge in [0.1, 0.15) is 11.5 Å². The summed E-state index contributed by atoms with van der Waals surface area (Å²) in [6.45, 7) is 1.75. The number of carboxylic acids is 1. The van der Waals surface area contributed by atoms with Crippen molar-refractivity contribution in [3.05, 3.63) is 59.8 Å². The number of nitrogens with zero attached hydrogens (tertiary/aromatic N) is 3. The van der Waals surface area contributed by atoms with Crippen molar-refractivity contribution in [2.45, 2.75) is 31.3 Å². The van der Waals surface area contributed by atoms with E-state index in [9.17, 15) is 14.7 Å². The third-order valence-electron chi connectivity index (χ3n) is 5.17. The molecule has 0 bridgehead atoms. The molecule has 1 unspecified atom stereocenters. The Balaban J connectivity index is 1.27. The SMILES string of the molecule is CC(OC(=O)Nc1ocnc1C#Cc1nc2nc(C3(C(=O)O)CC3)oc2o1)c1ccccc1. The van der Waals surface area contributed by atoms with Gasteiger partial charge in [0.05, 0.1) is 0 Å². The van der Waals surface area contributed by atoms with Crippen LogP contribution >= 0.6 is 0 Å². The number of benzene rings is 1. The largest absolute Gasteiger partial charge is 0.480 e. The smallest absolute Gasteiger partial charge is 0.414 e. The molecule has 1 fully saturated rings. The van der Waals surface area contributed by atoms with Gasteiger partial charge in [-0.2, -0.15) is 9.97 Å². The molecule has 1 amide bonds. The molecule has 0 radical (unpaired) electrons. The van der Waals surface area contributed by atoms with E-state index in [1.807, 2.05) is 30.3 Å². The van der Waals surface area contributed by atoms with E-state index in [4.69, 9.17) is 18.0 Å². The number of hydrogen-bond acceptors (Lipinski definition) is 9. The van der Waals surface area contributed by atoms with E-state index in [2.05, 4.69) is 32.1 Å². The topological polar surface area (TPSA) is 154 Å². The van der Waals surface area contributed by atoms with Gasteiger partial charge in [-0.3, -0.25) is 10.1 Å². The monoisotopic (exact) mass is 448 g/mol. The van der Waals surface area contributed by atoms with Crippen LogP contribution < -0.4 is 5.32 Å². The minimum atomic E-state index is -1.09. The summed E-state index contributed by atoms with van der Waals surface area (Å²) < 4.78 is 21.3. The van der Waals surface area contributed by atoms with E-state index in [1.165, 1.54) is 0 Å². The number of oxazole rings is 3. The highest BCUT2D eigenvalue weighted by Crippen LogP contribution is 2.48. The summed E-state index contributed by atoms with van der Waals surface area (Å²) in [5.74, 6) is 4.37. The van der Waals surface area contributed by atoms with E-state index < -0.39 is 23.6 Å². The van der Waals surface area contributed by atoms with Gasteiger partial charge in [0.25, 0.3) is 5.89 Å². The predicted octanol–water partition coefficient (Wildman–Crippen LogP) is 3.63. The summed E-state index contributed by atoms with van der Waals surface area (Å²) in [4.78, 5) is 35.8. The van der Waals surface area contributed by atoms with E-state index in [1.54, 1.807) is 6.92 Å². The number of nitrogens with one attached hydrogen (secondary N) is 1. The maximum absolute atomic E-state index is 12.2. The standard InChI is InChI=1S/C22H16N4O7/c1-12(13-5-3-2-4-6-13)31-21(29)26-17-14(23-11-30-17)7-8-15-24-16-18(32-15)33-19(25-16)22(9-10-22)20(27)28/h2-6,11-12H,9-10H2,1H3,(H,26,29)(H,27,28). The molecule has 4 aromatic rings. The Labute approximate surface area is 185 Å². The summed E-state index contributed by atoms with van der Waals surface area (Å²) >= 11 is 0. The third kappa shape index (κ3) is 3.89. The van der Waals surface area contributed by atoms with Crippen LogP contribution in [0.1, 0.15) is 48.9 Å². The van der Waals surface area contributed by atoms with Crippen LogP contribution in [0.25, 0.3) is 11.4 Å². The Morgan fingerprint density at radius 1 is 1.18 bits per heavy atom. The number of carbonyl (C=O) groups excluding carboxylic acids is 1. The average Bonchev–Trinajstić information content (AvgIpc) is 3.12. The lowest BCUT2D eigenvalue weighted by Gasteiger charge is -2.13. The first-order valence-electron chi connectivity index (χ1n) is 9.94. The summed E-state index contributed by atoms with van der Waals surface area (Å²) in [7, 11) is 0. The van der Waals surface area contributed by atoms with Crippen LogP contribution in [0.4, 0.5) is 10.7 Å². The van der Waals surface area contributed by atoms with E-state index >= 15 is 0 Å². The molecule has 1 aliphatic carbocycles. The van der Waals surface area contributed by atoms with Crippen LogP contribution in [0.15, 0.2) is 50.0 Å². The first-order valence-corrected chi connectivity index (χ1v) is 9.94. The molecule has 33 heavy (non-hydrogen) atoms. The number of ether oxygens (including phenoxy) is 1. The number of carboxylic acid groups (broad SMARTS) is 1. The maximum atomic E-state index is 12.2. The van der Waals surface area contributed by atoms with Gasteiger partial charge in [-0.1, -0.05) is 30.3 Å². The molecule has 11 nitrogen and oxygen atoms in total. The fourth-order valence-electron chi connectivity index (χ4n) is 3.16. The Morgan fingerprint density at radius 2 is 1.97 bits per heavy atom. The molecule has 11 heteroatoms. The fraction of sp³-hybridized carbons (Fsp3) is 0.227. The zero-order chi connectivity index (χ0) is 23.0. The lowest BCUT2D eigenvalue weighted by molar-refractivity contribution is -0.140. The second-order valence-corrected chi connectivity index (χ2v) is 7.40. The molecule has 0 aliphatic heterocycles. The van der Waals surface area contributed by atoms with Gasteiger partial charge in [0.2, 0.25) is 17.4 Å². The molecule has 166 valence electrons. The van der Waals surface area contributed by atoms with Crippen molar-refractivity contribution in [2.75, 3.05) is 5.32 Å². The van der Waals surface area contributed by atoms with E-state index in [0.717, 1.165) is 12.0 Å². The first kappa shape index (κ1) is 20.3. The first-order chi connectivity index (χ1) is 15.9. The van der Waals surface area contributed by atoms with Crippen molar-refractivity contribution in [1.29, 1.82) is 0 Å². The number of aliphatic carboxylic acids is 1. The molecule has 3 heterocycles. The minimum Gasteiger partial charge on any atom is -0.480 e. The quantitative estimate of drug-likeness (QED) is 0.433. The number of rotatable bonds is 5. The normalized spacial score (nSPS) is 14.8. The molecule has 3 aromatic heterocycles. The van der Waals surface area contributed by atoms with Gasteiger partial charge in [-0.05, 0) is 31.2 Å². The van der Waals surface area contributed by atoms with Crippen LogP contribution in [-0.2, 0) is 14.9 Å². The summed E-state index contributed by atoms with van der Waals surface area (Å²) in [6, 6.07) is 9.27. The van der Waals surface area contributed by atoms with Crippen molar-refractivity contribution in [3.63, 3.8) is 0 Å². The molecule has 5 rings (SSSR count). The summed E-state index contributed by atoms with van der Waals surface area (Å²) in [5.41, 5.74) is -0.00116. The second-order valence-electron chi connectivity index (χ2n) is 7.40. The van der Waals surface area contributed by atoms with Crippen molar-refractivity contribution in [2.24, 2.45) is 0 Å². The van der Waals surface area contributed by atoms with Crippen LogP contribution in [0.2, 0.25) is 0 Å². The molecule has 2 N–H and O–H groups in total. The number of amides is 1. The summed E-state index contributed by atoms with van der Waals surface area (Å²) in [6.07, 6.45) is 0.819. The fourth-order valence-corrected chi connectivity index (χ4v) is 3.16. The molecular formula is C22H16N4O7. The number of anilines is 1. The van der Waals surface area contributed by atoms with Crippen LogP contribution in [0.5, 0.6) is 0 Å². The highest BCUT2D eigenvalue weighted by Gasteiger charge is 2.56. The lowest BCUT2D eigenvalue weighted by atomic mass is 10.1. The van der Waals surface area contributed by atoms with Gasteiger partial charge in [0.15, 0.2) is 12.1 Å². The molecule has 0 spiro atoms. The van der Waals surface area contributed by atoms with Crippen LogP contribution in [0.3, 0.4) is 0 Å². The van der Waals surface area contributed by atoms with Gasteiger partial charge in [-0.25, -0.2) is 9.78 Å². The second kappa shape index (κ2) is 7.83. The number of fused-ring (bicyclic) bond motifs is 1. The Bertz CT molecular complexity index is 1370. The third-order valence-corrected chi connectivity index (χ3v) is 5.17. The lowest BCUT2D eigenvalue weighted by Crippen LogP contribution is -2.19. The van der Waals surface area contributed by atoms with Crippen molar-refractivity contribution in [1.82, 2.24) is 15.0 Å².